The fourth-order valence-electron chi connectivity index (χ4n) is 6.08. The van der Waals surface area contributed by atoms with Gasteiger partial charge in [0.1, 0.15) is 11.8 Å². The molecule has 4 aliphatic rings. The Morgan fingerprint density at radius 1 is 1.05 bits per heavy atom. The van der Waals surface area contributed by atoms with Crippen LogP contribution in [0.2, 0.25) is 0 Å². The number of thioether (sulfide) groups is 1. The largest absolute Gasteiger partial charge is 0.511 e. The zero-order chi connectivity index (χ0) is 31.8. The van der Waals surface area contributed by atoms with Gasteiger partial charge in [-0.15, -0.1) is 11.8 Å². The number of nitrogens with zero attached hydrogens (tertiary/aromatic N) is 4. The van der Waals surface area contributed by atoms with E-state index in [-0.39, 0.29) is 42.0 Å². The van der Waals surface area contributed by atoms with Crippen LogP contribution in [0, 0.1) is 11.8 Å². The molecule has 1 N–H and O–H groups in total. The normalized spacial score (nSPS) is 27.8. The predicted octanol–water partition coefficient (Wildman–Crippen LogP) is 2.85. The first-order chi connectivity index (χ1) is 20.1. The molecule has 1 aliphatic carbocycles. The van der Waals surface area contributed by atoms with Gasteiger partial charge in [-0.05, 0) is 32.6 Å². The van der Waals surface area contributed by atoms with Crippen LogP contribution in [-0.2, 0) is 28.6 Å². The molecule has 0 aromatic heterocycles. The maximum absolute atomic E-state index is 13.5. The zero-order valence-electron chi connectivity index (χ0n) is 24.6. The van der Waals surface area contributed by atoms with Crippen molar-refractivity contribution in [3.05, 3.63) is 10.6 Å². The number of hydrogen-bond acceptors (Lipinski definition) is 9. The highest BCUT2D eigenvalue weighted by Crippen LogP contribution is 2.52. The van der Waals surface area contributed by atoms with E-state index in [0.717, 1.165) is 32.1 Å². The minimum Gasteiger partial charge on any atom is -0.431 e. The van der Waals surface area contributed by atoms with E-state index in [1.807, 2.05) is 6.92 Å². The van der Waals surface area contributed by atoms with Crippen molar-refractivity contribution < 1.29 is 51.7 Å². The summed E-state index contributed by atoms with van der Waals surface area (Å²) in [6.07, 6.45) is -4.19. The maximum Gasteiger partial charge on any atom is 0.511 e. The summed E-state index contributed by atoms with van der Waals surface area (Å²) < 4.78 is 54.3. The first-order valence-electron chi connectivity index (χ1n) is 14.2. The molecule has 2 saturated heterocycles. The summed E-state index contributed by atoms with van der Waals surface area (Å²) in [7, 11) is 3.00. The van der Waals surface area contributed by atoms with Crippen molar-refractivity contribution >= 4 is 41.7 Å². The number of fused-ring (bicyclic) bond motifs is 1. The average molecular weight is 635 g/mol. The molecule has 0 spiro atoms. The van der Waals surface area contributed by atoms with Crippen LogP contribution in [0.25, 0.3) is 0 Å². The van der Waals surface area contributed by atoms with E-state index < -0.39 is 54.5 Å². The number of hydrogen-bond donors (Lipinski definition) is 1. The lowest BCUT2D eigenvalue weighted by atomic mass is 9.79. The number of β-lactam (4-membered cyclic amide) rings is 1. The van der Waals surface area contributed by atoms with Crippen molar-refractivity contribution in [2.75, 3.05) is 27.2 Å². The highest BCUT2D eigenvalue weighted by Gasteiger charge is 2.60. The molecular weight excluding hydrogens is 597 g/mol. The Labute approximate surface area is 251 Å². The Morgan fingerprint density at radius 3 is 2.21 bits per heavy atom. The van der Waals surface area contributed by atoms with E-state index in [0.29, 0.717) is 4.91 Å². The molecule has 1 unspecified atom stereocenters. The van der Waals surface area contributed by atoms with Gasteiger partial charge in [-0.25, -0.2) is 9.59 Å². The Kier molecular flexibility index (Phi) is 9.89. The molecule has 12 nitrogen and oxygen atoms in total. The standard InChI is InChI=1S/C27H37F3N4O8S/c1-13-19-18(14(2)35)22(36)34(19)20(23(37)40-15(3)41-26(39)42-16-9-7-6-8-10-16)21(13)43-17-11-32(4)25(33(5)12-17)31-24(38)27(28,29)30/h13-19,35H,6-12H2,1-5H3/t13-,14-,15?,17?,18-,19-/m1/s1. The lowest BCUT2D eigenvalue weighted by Gasteiger charge is -2.46. The monoisotopic (exact) mass is 634 g/mol. The van der Waals surface area contributed by atoms with Gasteiger partial charge in [-0.1, -0.05) is 13.3 Å². The highest BCUT2D eigenvalue weighted by molar-refractivity contribution is 8.03. The van der Waals surface area contributed by atoms with Crippen LogP contribution in [0.4, 0.5) is 18.0 Å². The minimum absolute atomic E-state index is 0.0301. The third kappa shape index (κ3) is 7.05. The smallest absolute Gasteiger partial charge is 0.431 e. The number of aliphatic imine (C=N–C) groups is 1. The molecule has 0 aromatic carbocycles. The lowest BCUT2D eigenvalue weighted by molar-refractivity contribution is -0.174. The third-order valence-electron chi connectivity index (χ3n) is 8.03. The molecule has 3 aliphatic heterocycles. The molecule has 3 heterocycles. The van der Waals surface area contributed by atoms with E-state index in [1.165, 1.54) is 54.4 Å². The molecule has 4 rings (SSSR count). The second kappa shape index (κ2) is 12.9. The third-order valence-corrected chi connectivity index (χ3v) is 9.48. The van der Waals surface area contributed by atoms with Crippen LogP contribution >= 0.6 is 11.8 Å². The summed E-state index contributed by atoms with van der Waals surface area (Å²) in [6, 6.07) is -0.509. The van der Waals surface area contributed by atoms with Crippen LogP contribution < -0.4 is 0 Å². The van der Waals surface area contributed by atoms with Crippen LogP contribution in [0.3, 0.4) is 0 Å². The molecular formula is C27H37F3N4O8S. The second-order valence-corrected chi connectivity index (χ2v) is 12.7. The molecule has 0 aromatic rings. The number of ether oxygens (including phenoxy) is 3. The number of carbonyl (C=O) groups excluding carboxylic acids is 4. The number of aliphatic hydroxyl groups is 1. The number of amides is 2. The van der Waals surface area contributed by atoms with Gasteiger partial charge in [0.2, 0.25) is 18.2 Å². The second-order valence-electron chi connectivity index (χ2n) is 11.4. The van der Waals surface area contributed by atoms with Crippen molar-refractivity contribution in [2.24, 2.45) is 16.8 Å². The number of esters is 1. The van der Waals surface area contributed by atoms with Crippen molar-refractivity contribution in [1.82, 2.24) is 14.7 Å². The van der Waals surface area contributed by atoms with Gasteiger partial charge in [0.25, 0.3) is 0 Å². The summed E-state index contributed by atoms with van der Waals surface area (Å²) in [6.45, 7) is 5.03. The maximum atomic E-state index is 13.5. The summed E-state index contributed by atoms with van der Waals surface area (Å²) in [5.74, 6) is -4.82. The molecule has 240 valence electrons. The number of carbonyl (C=O) groups is 4. The lowest BCUT2D eigenvalue weighted by Crippen LogP contribution is -2.63. The summed E-state index contributed by atoms with van der Waals surface area (Å²) in [5.41, 5.74) is -0.0301. The summed E-state index contributed by atoms with van der Waals surface area (Å²) >= 11 is 1.26. The highest BCUT2D eigenvalue weighted by atomic mass is 32.2. The van der Waals surface area contributed by atoms with Gasteiger partial charge in [0, 0.05) is 50.2 Å². The fourth-order valence-corrected chi connectivity index (χ4v) is 7.69. The van der Waals surface area contributed by atoms with Gasteiger partial charge in [0.15, 0.2) is 0 Å². The quantitative estimate of drug-likeness (QED) is 0.251. The van der Waals surface area contributed by atoms with Crippen LogP contribution in [0.5, 0.6) is 0 Å². The predicted molar refractivity (Wildman–Crippen MR) is 147 cm³/mol. The van der Waals surface area contributed by atoms with E-state index in [4.69, 9.17) is 14.2 Å². The SMILES string of the molecule is CC(OC(=O)OC1CCCCC1)OC(=O)C1=C(SC2CN(C)C(=NC(=O)C(F)(F)F)N(C)C2)[C@H](C)[C@@H]2[C@@H]([C@@H](C)O)C(=O)N12. The number of rotatable bonds is 7. The first-order valence-corrected chi connectivity index (χ1v) is 15.1. The summed E-state index contributed by atoms with van der Waals surface area (Å²) in [5, 5.41) is 9.94. The number of aliphatic hydroxyl groups excluding tert-OH is 1. The molecule has 3 fully saturated rings. The van der Waals surface area contributed by atoms with Crippen molar-refractivity contribution in [2.45, 2.75) is 88.8 Å². The Morgan fingerprint density at radius 2 is 1.65 bits per heavy atom. The van der Waals surface area contributed by atoms with Gasteiger partial charge in [-0.2, -0.15) is 18.2 Å². The fraction of sp³-hybridized carbons (Fsp3) is 0.741. The van der Waals surface area contributed by atoms with Crippen molar-refractivity contribution in [3.63, 3.8) is 0 Å². The number of guanidine groups is 1. The molecule has 1 saturated carbocycles. The van der Waals surface area contributed by atoms with Gasteiger partial charge < -0.3 is 34.0 Å². The van der Waals surface area contributed by atoms with E-state index in [9.17, 15) is 37.5 Å². The summed E-state index contributed by atoms with van der Waals surface area (Å²) in [4.78, 5) is 58.1. The van der Waals surface area contributed by atoms with Crippen LogP contribution in [0.15, 0.2) is 15.6 Å². The van der Waals surface area contributed by atoms with Gasteiger partial charge in [-0.3, -0.25) is 9.59 Å². The van der Waals surface area contributed by atoms with E-state index in [1.54, 1.807) is 0 Å². The van der Waals surface area contributed by atoms with E-state index >= 15 is 0 Å². The van der Waals surface area contributed by atoms with E-state index in [2.05, 4.69) is 4.99 Å². The average Bonchev–Trinajstić information content (AvgIpc) is 3.13. The first kappa shape index (κ1) is 32.9. The van der Waals surface area contributed by atoms with Crippen LogP contribution in [-0.4, -0.2) is 113 Å². The minimum atomic E-state index is -5.10. The Bertz CT molecular complexity index is 1180. The topological polar surface area (TPSA) is 138 Å². The van der Waals surface area contributed by atoms with Crippen molar-refractivity contribution in [3.8, 4) is 0 Å². The zero-order valence-corrected chi connectivity index (χ0v) is 25.4. The molecule has 43 heavy (non-hydrogen) atoms. The van der Waals surface area contributed by atoms with Crippen LogP contribution in [0.1, 0.15) is 52.9 Å². The Balaban J connectivity index is 1.50. The van der Waals surface area contributed by atoms with Gasteiger partial charge in [0.05, 0.1) is 18.1 Å². The molecule has 0 radical (unpaired) electrons. The van der Waals surface area contributed by atoms with Gasteiger partial charge >= 0.3 is 24.2 Å². The van der Waals surface area contributed by atoms with Crippen molar-refractivity contribution in [1.29, 1.82) is 0 Å². The Hall–Kier alpha value is -3.01. The molecule has 5 atom stereocenters. The number of halogens is 3. The molecule has 0 bridgehead atoms. The number of alkyl halides is 3. The molecule has 2 amide bonds. The molecule has 16 heteroatoms.